The number of aryl methyl sites for hydroxylation is 1. The molecule has 0 aromatic heterocycles. The van der Waals surface area contributed by atoms with Gasteiger partial charge >= 0.3 is 5.97 Å². The lowest BCUT2D eigenvalue weighted by Crippen LogP contribution is -2.46. The van der Waals surface area contributed by atoms with Crippen LogP contribution in [0, 0.1) is 13.8 Å². The Morgan fingerprint density at radius 2 is 2.04 bits per heavy atom. The monoisotopic (exact) mass is 356 g/mol. The number of benzene rings is 1. The molecule has 1 fully saturated rings. The molecule has 0 aliphatic carbocycles. The molecular formula is C15H20N2O6S. The molecule has 9 heteroatoms. The number of amides is 1. The molecule has 1 amide bonds. The van der Waals surface area contributed by atoms with Gasteiger partial charge < -0.3 is 14.7 Å². The average molecular weight is 356 g/mol. The minimum absolute atomic E-state index is 0.0822. The zero-order valence-corrected chi connectivity index (χ0v) is 14.3. The predicted molar refractivity (Wildman–Crippen MR) is 85.2 cm³/mol. The first kappa shape index (κ1) is 18.4. The van der Waals surface area contributed by atoms with Gasteiger partial charge in [0.05, 0.1) is 24.0 Å². The number of sulfonamides is 1. The molecule has 0 unspecified atom stereocenters. The summed E-state index contributed by atoms with van der Waals surface area (Å²) in [6, 6.07) is 2.87. The van der Waals surface area contributed by atoms with Crippen molar-refractivity contribution in [1.29, 1.82) is 0 Å². The lowest BCUT2D eigenvalue weighted by molar-refractivity contribution is -0.141. The zero-order valence-electron chi connectivity index (χ0n) is 13.5. The summed E-state index contributed by atoms with van der Waals surface area (Å²) >= 11 is 0. The lowest BCUT2D eigenvalue weighted by atomic mass is 10.0. The Labute approximate surface area is 140 Å². The molecule has 2 rings (SSSR count). The third kappa shape index (κ3) is 4.11. The number of nitrogens with two attached hydrogens (primary N) is 1. The second-order valence-corrected chi connectivity index (χ2v) is 7.33. The van der Waals surface area contributed by atoms with Gasteiger partial charge in [-0.25, -0.2) is 13.6 Å². The normalized spacial score (nSPS) is 18.5. The summed E-state index contributed by atoms with van der Waals surface area (Å²) < 4.78 is 28.7. The highest BCUT2D eigenvalue weighted by molar-refractivity contribution is 7.89. The second kappa shape index (κ2) is 6.88. The second-order valence-electron chi connectivity index (χ2n) is 5.80. The van der Waals surface area contributed by atoms with E-state index in [2.05, 4.69) is 0 Å². The molecule has 1 heterocycles. The number of aliphatic carboxylic acids is 1. The minimum Gasteiger partial charge on any atom is -0.481 e. The Bertz CT molecular complexity index is 774. The molecular weight excluding hydrogens is 336 g/mol. The van der Waals surface area contributed by atoms with Crippen LogP contribution in [0.25, 0.3) is 0 Å². The standard InChI is InChI=1S/C15H20N2O6S/c1-9-5-11(6-13(10(9)2)24(16,21)22)15(20)17-3-4-23-12(8-17)7-14(18)19/h5-6,12H,3-4,7-8H2,1-2H3,(H,18,19)(H2,16,21,22)/t12-/m0/s1. The summed E-state index contributed by atoms with van der Waals surface area (Å²) in [5, 5.41) is 14.0. The summed E-state index contributed by atoms with van der Waals surface area (Å²) in [5.74, 6) is -1.38. The molecule has 132 valence electrons. The number of nitrogens with zero attached hydrogens (tertiary/aromatic N) is 1. The summed E-state index contributed by atoms with van der Waals surface area (Å²) in [6.45, 7) is 4.01. The highest BCUT2D eigenvalue weighted by Gasteiger charge is 2.27. The van der Waals surface area contributed by atoms with Crippen molar-refractivity contribution >= 4 is 21.9 Å². The van der Waals surface area contributed by atoms with E-state index in [1.807, 2.05) is 0 Å². The largest absolute Gasteiger partial charge is 0.481 e. The van der Waals surface area contributed by atoms with Crippen LogP contribution in [0.5, 0.6) is 0 Å². The Kier molecular flexibility index (Phi) is 5.26. The van der Waals surface area contributed by atoms with E-state index < -0.39 is 22.1 Å². The van der Waals surface area contributed by atoms with Gasteiger partial charge in [0.1, 0.15) is 0 Å². The van der Waals surface area contributed by atoms with Gasteiger partial charge in [0, 0.05) is 18.7 Å². The third-order valence-corrected chi connectivity index (χ3v) is 5.04. The summed E-state index contributed by atoms with van der Waals surface area (Å²) in [6.07, 6.45) is -0.775. The molecule has 0 spiro atoms. The fourth-order valence-electron chi connectivity index (χ4n) is 2.65. The quantitative estimate of drug-likeness (QED) is 0.797. The van der Waals surface area contributed by atoms with Crippen molar-refractivity contribution in [3.63, 3.8) is 0 Å². The molecule has 1 aliphatic rings. The SMILES string of the molecule is Cc1cc(C(=O)N2CCO[C@@H](CC(=O)O)C2)cc(S(N)(=O)=O)c1C. The Balaban J connectivity index is 2.29. The van der Waals surface area contributed by atoms with Crippen LogP contribution < -0.4 is 5.14 Å². The van der Waals surface area contributed by atoms with Gasteiger partial charge in [-0.1, -0.05) is 0 Å². The topological polar surface area (TPSA) is 127 Å². The van der Waals surface area contributed by atoms with Crippen molar-refractivity contribution in [3.8, 4) is 0 Å². The number of carboxylic acids is 1. The molecule has 0 saturated carbocycles. The highest BCUT2D eigenvalue weighted by Crippen LogP contribution is 2.22. The number of morpholine rings is 1. The number of hydrogen-bond donors (Lipinski definition) is 2. The maximum atomic E-state index is 12.7. The van der Waals surface area contributed by atoms with Crippen LogP contribution in [-0.4, -0.2) is 56.1 Å². The lowest BCUT2D eigenvalue weighted by Gasteiger charge is -2.32. The van der Waals surface area contributed by atoms with Crippen LogP contribution in [0.15, 0.2) is 17.0 Å². The molecule has 1 aromatic carbocycles. The number of carbonyl (C=O) groups is 2. The van der Waals surface area contributed by atoms with Gasteiger partial charge in [-0.3, -0.25) is 9.59 Å². The Morgan fingerprint density at radius 3 is 2.62 bits per heavy atom. The van der Waals surface area contributed by atoms with E-state index in [9.17, 15) is 18.0 Å². The van der Waals surface area contributed by atoms with Crippen LogP contribution in [0.4, 0.5) is 0 Å². The molecule has 1 aromatic rings. The maximum Gasteiger partial charge on any atom is 0.306 e. The Morgan fingerprint density at radius 1 is 1.38 bits per heavy atom. The number of carbonyl (C=O) groups excluding carboxylic acids is 1. The summed E-state index contributed by atoms with van der Waals surface area (Å²) in [7, 11) is -3.94. The van der Waals surface area contributed by atoms with Gasteiger partial charge in [0.2, 0.25) is 10.0 Å². The first-order chi connectivity index (χ1) is 11.1. The van der Waals surface area contributed by atoms with Crippen LogP contribution in [-0.2, 0) is 19.6 Å². The Hall–Kier alpha value is -1.97. The van der Waals surface area contributed by atoms with Crippen molar-refractivity contribution in [1.82, 2.24) is 4.90 Å². The van der Waals surface area contributed by atoms with E-state index in [1.54, 1.807) is 19.9 Å². The molecule has 3 N–H and O–H groups in total. The highest BCUT2D eigenvalue weighted by atomic mass is 32.2. The number of rotatable bonds is 4. The van der Waals surface area contributed by atoms with Crippen LogP contribution >= 0.6 is 0 Å². The minimum atomic E-state index is -3.94. The van der Waals surface area contributed by atoms with Gasteiger partial charge in [0.15, 0.2) is 0 Å². The first-order valence-corrected chi connectivity index (χ1v) is 8.91. The van der Waals surface area contributed by atoms with Crippen molar-refractivity contribution in [2.75, 3.05) is 19.7 Å². The third-order valence-electron chi connectivity index (χ3n) is 4.00. The van der Waals surface area contributed by atoms with E-state index >= 15 is 0 Å². The smallest absolute Gasteiger partial charge is 0.306 e. The van der Waals surface area contributed by atoms with Crippen molar-refractivity contribution in [3.05, 3.63) is 28.8 Å². The number of carboxylic acid groups (broad SMARTS) is 1. The summed E-state index contributed by atoms with van der Waals surface area (Å²) in [4.78, 5) is 24.8. The molecule has 8 nitrogen and oxygen atoms in total. The van der Waals surface area contributed by atoms with Crippen LogP contribution in [0.1, 0.15) is 27.9 Å². The summed E-state index contributed by atoms with van der Waals surface area (Å²) in [5.41, 5.74) is 1.35. The number of ether oxygens (including phenoxy) is 1. The molecule has 1 aliphatic heterocycles. The van der Waals surface area contributed by atoms with Crippen molar-refractivity contribution in [2.24, 2.45) is 5.14 Å². The van der Waals surface area contributed by atoms with Crippen molar-refractivity contribution in [2.45, 2.75) is 31.3 Å². The predicted octanol–water partition coefficient (Wildman–Crippen LogP) is 0.267. The first-order valence-electron chi connectivity index (χ1n) is 7.36. The van der Waals surface area contributed by atoms with E-state index in [0.29, 0.717) is 17.7 Å². The molecule has 24 heavy (non-hydrogen) atoms. The number of primary sulfonamides is 1. The van der Waals surface area contributed by atoms with E-state index in [4.69, 9.17) is 15.0 Å². The fourth-order valence-corrected chi connectivity index (χ4v) is 3.53. The molecule has 0 bridgehead atoms. The fraction of sp³-hybridized carbons (Fsp3) is 0.467. The van der Waals surface area contributed by atoms with Gasteiger partial charge in [-0.15, -0.1) is 0 Å². The average Bonchev–Trinajstić information content (AvgIpc) is 2.47. The molecule has 0 radical (unpaired) electrons. The molecule has 1 saturated heterocycles. The van der Waals surface area contributed by atoms with E-state index in [0.717, 1.165) is 0 Å². The van der Waals surface area contributed by atoms with Gasteiger partial charge in [-0.05, 0) is 37.1 Å². The number of hydrogen-bond acceptors (Lipinski definition) is 5. The molecule has 1 atom stereocenters. The van der Waals surface area contributed by atoms with E-state index in [1.165, 1.54) is 11.0 Å². The van der Waals surface area contributed by atoms with Crippen LogP contribution in [0.2, 0.25) is 0 Å². The zero-order chi connectivity index (χ0) is 18.1. The maximum absolute atomic E-state index is 12.7. The van der Waals surface area contributed by atoms with Gasteiger partial charge in [-0.2, -0.15) is 0 Å². The van der Waals surface area contributed by atoms with Crippen LogP contribution in [0.3, 0.4) is 0 Å². The van der Waals surface area contributed by atoms with Gasteiger partial charge in [0.25, 0.3) is 5.91 Å². The van der Waals surface area contributed by atoms with E-state index in [-0.39, 0.29) is 35.9 Å². The van der Waals surface area contributed by atoms with Crippen molar-refractivity contribution < 1.29 is 27.9 Å².